The zero-order valence-corrected chi connectivity index (χ0v) is 14.6. The number of aliphatic carboxylic acids is 1. The van der Waals surface area contributed by atoms with Crippen LogP contribution in [0.2, 0.25) is 0 Å². The van der Waals surface area contributed by atoms with Crippen LogP contribution in [0.25, 0.3) is 0 Å². The number of rotatable bonds is 3. The van der Waals surface area contributed by atoms with Gasteiger partial charge in [0.2, 0.25) is 0 Å². The second-order valence-electron chi connectivity index (χ2n) is 5.84. The zero-order valence-electron chi connectivity index (χ0n) is 12.2. The molecule has 1 aliphatic carbocycles. The number of carboxylic acids is 1. The minimum atomic E-state index is -1.04. The number of alkyl halides is 1. The van der Waals surface area contributed by atoms with E-state index in [0.717, 1.165) is 31.4 Å². The highest BCUT2D eigenvalue weighted by Gasteiger charge is 2.53. The maximum absolute atomic E-state index is 12.4. The first-order chi connectivity index (χ1) is 10.6. The Kier molecular flexibility index (Phi) is 4.92. The predicted octanol–water partition coefficient (Wildman–Crippen LogP) is 2.80. The lowest BCUT2D eigenvalue weighted by molar-refractivity contribution is -0.147. The summed E-state index contributed by atoms with van der Waals surface area (Å²) in [4.78, 5) is 29.8. The molecule has 22 heavy (non-hydrogen) atoms. The monoisotopic (exact) mass is 386 g/mol. The van der Waals surface area contributed by atoms with Gasteiger partial charge in [0.15, 0.2) is 6.04 Å². The van der Waals surface area contributed by atoms with Crippen LogP contribution in [-0.4, -0.2) is 49.6 Å². The normalized spacial score (nSPS) is 31.8. The highest BCUT2D eigenvalue weighted by molar-refractivity contribution is 9.09. The summed E-state index contributed by atoms with van der Waals surface area (Å²) in [7, 11) is 0. The lowest BCUT2D eigenvalue weighted by Gasteiger charge is -2.48. The number of halogens is 1. The molecule has 0 aromatic rings. The maximum Gasteiger partial charge on any atom is 0.352 e. The zero-order chi connectivity index (χ0) is 15.7. The van der Waals surface area contributed by atoms with Crippen LogP contribution in [0, 0.1) is 0 Å². The predicted molar refractivity (Wildman–Crippen MR) is 90.5 cm³/mol. The standard InChI is InChI=1S/C15H19BrN2O3S/c16-8-10-7-11(15(20)21)18-13(19)12(14(18)22-10)17-9-5-3-1-2-4-6-9/h7,10,12,14H,1-6,8H2,(H,20,21)/t10?,12-,14-/m1/s1. The van der Waals surface area contributed by atoms with Crippen molar-refractivity contribution < 1.29 is 14.7 Å². The molecule has 120 valence electrons. The molecule has 1 amide bonds. The Hall–Kier alpha value is -0.820. The number of thioether (sulfide) groups is 1. The van der Waals surface area contributed by atoms with E-state index in [9.17, 15) is 14.7 Å². The van der Waals surface area contributed by atoms with Gasteiger partial charge in [-0.3, -0.25) is 14.7 Å². The molecule has 0 aromatic heterocycles. The number of carboxylic acid groups (broad SMARTS) is 1. The van der Waals surface area contributed by atoms with E-state index in [1.165, 1.54) is 17.7 Å². The molecule has 2 fully saturated rings. The Morgan fingerprint density at radius 1 is 1.36 bits per heavy atom. The Morgan fingerprint density at radius 2 is 2.05 bits per heavy atom. The van der Waals surface area contributed by atoms with Crippen molar-refractivity contribution in [3.05, 3.63) is 11.8 Å². The molecule has 3 aliphatic rings. The maximum atomic E-state index is 12.4. The van der Waals surface area contributed by atoms with Gasteiger partial charge in [-0.05, 0) is 31.8 Å². The number of hydrogen-bond acceptors (Lipinski definition) is 4. The SMILES string of the molecule is O=C(O)C1=CC(CBr)S[C@@H]2[C@H](N=C3CCCCCC3)C(=O)N12. The molecule has 0 bridgehead atoms. The smallest absolute Gasteiger partial charge is 0.352 e. The molecule has 0 radical (unpaired) electrons. The van der Waals surface area contributed by atoms with Gasteiger partial charge in [0, 0.05) is 16.3 Å². The van der Waals surface area contributed by atoms with Crippen molar-refractivity contribution in [2.75, 3.05) is 5.33 Å². The van der Waals surface area contributed by atoms with E-state index in [-0.39, 0.29) is 22.2 Å². The van der Waals surface area contributed by atoms with Crippen molar-refractivity contribution in [3.8, 4) is 0 Å². The molecule has 1 saturated heterocycles. The molecular formula is C15H19BrN2O3S. The fraction of sp³-hybridized carbons (Fsp3) is 0.667. The lowest BCUT2D eigenvalue weighted by Crippen LogP contribution is -2.64. The largest absolute Gasteiger partial charge is 0.477 e. The molecule has 7 heteroatoms. The first kappa shape index (κ1) is 16.1. The van der Waals surface area contributed by atoms with Crippen LogP contribution in [0.3, 0.4) is 0 Å². The Morgan fingerprint density at radius 3 is 2.64 bits per heavy atom. The van der Waals surface area contributed by atoms with Gasteiger partial charge in [0.25, 0.3) is 5.91 Å². The number of β-lactam (4-membered cyclic amide) rings is 1. The summed E-state index contributed by atoms with van der Waals surface area (Å²) in [5.74, 6) is -1.21. The van der Waals surface area contributed by atoms with Crippen LogP contribution in [-0.2, 0) is 9.59 Å². The minimum Gasteiger partial charge on any atom is -0.477 e. The van der Waals surface area contributed by atoms with Crippen LogP contribution in [0.4, 0.5) is 0 Å². The quantitative estimate of drug-likeness (QED) is 0.459. The third-order valence-corrected chi connectivity index (χ3v) is 6.83. The van der Waals surface area contributed by atoms with Gasteiger partial charge < -0.3 is 5.11 Å². The van der Waals surface area contributed by atoms with E-state index in [1.54, 1.807) is 17.8 Å². The first-order valence-electron chi connectivity index (χ1n) is 7.67. The molecule has 1 saturated carbocycles. The summed E-state index contributed by atoms with van der Waals surface area (Å²) in [6.07, 6.45) is 8.37. The molecule has 3 atom stereocenters. The summed E-state index contributed by atoms with van der Waals surface area (Å²) in [5.41, 5.74) is 1.24. The van der Waals surface area contributed by atoms with Crippen LogP contribution in [0.1, 0.15) is 38.5 Å². The van der Waals surface area contributed by atoms with Gasteiger partial charge in [0.05, 0.1) is 0 Å². The Bertz CT molecular complexity index is 539. The van der Waals surface area contributed by atoms with Crippen molar-refractivity contribution >= 4 is 45.3 Å². The van der Waals surface area contributed by atoms with E-state index in [4.69, 9.17) is 4.99 Å². The van der Waals surface area contributed by atoms with Gasteiger partial charge in [-0.2, -0.15) is 0 Å². The van der Waals surface area contributed by atoms with Crippen LogP contribution >= 0.6 is 27.7 Å². The number of aliphatic imine (C=N–C) groups is 1. The topological polar surface area (TPSA) is 70.0 Å². The molecule has 0 aromatic carbocycles. The molecule has 2 heterocycles. The average Bonchev–Trinajstić information content (AvgIpc) is 2.79. The van der Waals surface area contributed by atoms with E-state index < -0.39 is 12.0 Å². The van der Waals surface area contributed by atoms with E-state index in [0.29, 0.717) is 5.33 Å². The van der Waals surface area contributed by atoms with Gasteiger partial charge in [0.1, 0.15) is 11.1 Å². The average molecular weight is 387 g/mol. The van der Waals surface area contributed by atoms with Crippen molar-refractivity contribution in [2.45, 2.75) is 55.2 Å². The van der Waals surface area contributed by atoms with Crippen molar-refractivity contribution in [1.29, 1.82) is 0 Å². The molecule has 5 nitrogen and oxygen atoms in total. The molecule has 3 rings (SSSR count). The van der Waals surface area contributed by atoms with Crippen LogP contribution in [0.15, 0.2) is 16.8 Å². The highest BCUT2D eigenvalue weighted by Crippen LogP contribution is 2.43. The van der Waals surface area contributed by atoms with Gasteiger partial charge in [-0.15, -0.1) is 11.8 Å². The summed E-state index contributed by atoms with van der Waals surface area (Å²) < 4.78 is 0. The number of hydrogen-bond donors (Lipinski definition) is 1. The van der Waals surface area contributed by atoms with Crippen molar-refractivity contribution in [2.24, 2.45) is 4.99 Å². The summed E-state index contributed by atoms with van der Waals surface area (Å²) >= 11 is 5.02. The number of amides is 1. The molecular weight excluding hydrogens is 368 g/mol. The second-order valence-corrected chi connectivity index (χ2v) is 7.85. The van der Waals surface area contributed by atoms with Gasteiger partial charge >= 0.3 is 5.97 Å². The molecule has 2 aliphatic heterocycles. The fourth-order valence-corrected chi connectivity index (χ4v) is 5.10. The van der Waals surface area contributed by atoms with Crippen LogP contribution in [0.5, 0.6) is 0 Å². The van der Waals surface area contributed by atoms with Crippen molar-refractivity contribution in [3.63, 3.8) is 0 Å². The van der Waals surface area contributed by atoms with Crippen LogP contribution < -0.4 is 0 Å². The second kappa shape index (κ2) is 6.74. The van der Waals surface area contributed by atoms with E-state index in [1.807, 2.05) is 0 Å². The third-order valence-electron chi connectivity index (χ3n) is 4.31. The van der Waals surface area contributed by atoms with E-state index in [2.05, 4.69) is 15.9 Å². The number of nitrogens with zero attached hydrogens (tertiary/aromatic N) is 2. The van der Waals surface area contributed by atoms with Gasteiger partial charge in [-0.25, -0.2) is 4.79 Å². The number of carbonyl (C=O) groups excluding carboxylic acids is 1. The summed E-state index contributed by atoms with van der Waals surface area (Å²) in [6.45, 7) is 0. The summed E-state index contributed by atoms with van der Waals surface area (Å²) in [5, 5.41) is 9.89. The van der Waals surface area contributed by atoms with E-state index >= 15 is 0 Å². The number of fused-ring (bicyclic) bond motifs is 1. The third kappa shape index (κ3) is 2.97. The highest BCUT2D eigenvalue weighted by atomic mass is 79.9. The summed E-state index contributed by atoms with van der Waals surface area (Å²) in [6, 6.07) is -0.400. The van der Waals surface area contributed by atoms with Gasteiger partial charge in [-0.1, -0.05) is 28.8 Å². The number of carbonyl (C=O) groups is 2. The Labute approximate surface area is 142 Å². The Balaban J connectivity index is 1.80. The first-order valence-corrected chi connectivity index (χ1v) is 9.73. The molecule has 1 unspecified atom stereocenters. The minimum absolute atomic E-state index is 0.0669. The molecule has 0 spiro atoms. The fourth-order valence-electron chi connectivity index (χ4n) is 3.15. The lowest BCUT2D eigenvalue weighted by atomic mass is 10.0. The van der Waals surface area contributed by atoms with Crippen molar-refractivity contribution in [1.82, 2.24) is 4.90 Å². The molecule has 1 N–H and O–H groups in total.